The van der Waals surface area contributed by atoms with Crippen molar-refractivity contribution >= 4 is 0 Å². The van der Waals surface area contributed by atoms with Crippen LogP contribution in [0.25, 0.3) is 0 Å². The molecule has 18 heavy (non-hydrogen) atoms. The predicted molar refractivity (Wildman–Crippen MR) is 71.2 cm³/mol. The molecular weight excluding hydrogens is 226 g/mol. The summed E-state index contributed by atoms with van der Waals surface area (Å²) >= 11 is 0. The first kappa shape index (κ1) is 11.8. The fourth-order valence-electron chi connectivity index (χ4n) is 3.29. The van der Waals surface area contributed by atoms with Gasteiger partial charge in [0.05, 0.1) is 14.2 Å². The Hall–Kier alpha value is -1.22. The van der Waals surface area contributed by atoms with E-state index < -0.39 is 0 Å². The molecule has 3 nitrogen and oxygen atoms in total. The van der Waals surface area contributed by atoms with Crippen LogP contribution in [0.5, 0.6) is 11.5 Å². The summed E-state index contributed by atoms with van der Waals surface area (Å²) < 4.78 is 10.7. The van der Waals surface area contributed by atoms with Crippen LogP contribution in [0.3, 0.4) is 0 Å². The minimum atomic E-state index is 0.194. The highest BCUT2D eigenvalue weighted by Crippen LogP contribution is 2.51. The summed E-state index contributed by atoms with van der Waals surface area (Å²) in [6, 6.07) is 6.37. The normalized spacial score (nSPS) is 27.2. The third kappa shape index (κ3) is 1.77. The summed E-state index contributed by atoms with van der Waals surface area (Å²) in [6.07, 6.45) is 5.21. The van der Waals surface area contributed by atoms with E-state index in [0.717, 1.165) is 24.0 Å². The van der Waals surface area contributed by atoms with Crippen molar-refractivity contribution in [3.63, 3.8) is 0 Å². The number of nitrogens with one attached hydrogen (secondary N) is 1. The van der Waals surface area contributed by atoms with E-state index in [4.69, 9.17) is 9.47 Å². The maximum Gasteiger partial charge on any atom is 0.161 e. The molecule has 1 saturated heterocycles. The van der Waals surface area contributed by atoms with Crippen molar-refractivity contribution in [3.8, 4) is 11.5 Å². The quantitative estimate of drug-likeness (QED) is 0.887. The average Bonchev–Trinajstić information content (AvgIpc) is 3.17. The topological polar surface area (TPSA) is 30.5 Å². The van der Waals surface area contributed by atoms with Gasteiger partial charge in [-0.05, 0) is 55.8 Å². The van der Waals surface area contributed by atoms with E-state index in [9.17, 15) is 0 Å². The smallest absolute Gasteiger partial charge is 0.161 e. The number of hydrogen-bond donors (Lipinski definition) is 1. The Morgan fingerprint density at radius 2 is 1.94 bits per heavy atom. The lowest BCUT2D eigenvalue weighted by Gasteiger charge is -2.31. The zero-order chi connectivity index (χ0) is 12.6. The molecule has 0 bridgehead atoms. The molecule has 0 aromatic heterocycles. The van der Waals surface area contributed by atoms with Gasteiger partial charge >= 0.3 is 0 Å². The van der Waals surface area contributed by atoms with Crippen molar-refractivity contribution < 1.29 is 9.47 Å². The Labute approximate surface area is 108 Å². The van der Waals surface area contributed by atoms with Crippen LogP contribution in [-0.2, 0) is 5.54 Å². The van der Waals surface area contributed by atoms with Crippen molar-refractivity contribution in [1.82, 2.24) is 5.32 Å². The van der Waals surface area contributed by atoms with Gasteiger partial charge in [0.1, 0.15) is 0 Å². The molecule has 1 aromatic carbocycles. The molecular formula is C15H21NO2. The molecule has 1 unspecified atom stereocenters. The molecule has 1 atom stereocenters. The summed E-state index contributed by atoms with van der Waals surface area (Å²) in [5, 5.41) is 3.74. The Balaban J connectivity index is 1.99. The highest BCUT2D eigenvalue weighted by Gasteiger charge is 2.48. The second-order valence-electron chi connectivity index (χ2n) is 5.35. The fourth-order valence-corrected chi connectivity index (χ4v) is 3.29. The molecule has 3 rings (SSSR count). The second kappa shape index (κ2) is 4.47. The van der Waals surface area contributed by atoms with E-state index >= 15 is 0 Å². The Morgan fingerprint density at radius 3 is 2.50 bits per heavy atom. The van der Waals surface area contributed by atoms with Crippen LogP contribution < -0.4 is 14.8 Å². The number of hydrogen-bond acceptors (Lipinski definition) is 3. The van der Waals surface area contributed by atoms with Gasteiger partial charge in [0.15, 0.2) is 11.5 Å². The Morgan fingerprint density at radius 1 is 1.17 bits per heavy atom. The summed E-state index contributed by atoms with van der Waals surface area (Å²) in [6.45, 7) is 1.13. The Kier molecular flexibility index (Phi) is 2.94. The maximum atomic E-state index is 5.43. The van der Waals surface area contributed by atoms with Crippen LogP contribution in [0.4, 0.5) is 0 Å². The molecule has 0 spiro atoms. The van der Waals surface area contributed by atoms with E-state index in [0.29, 0.717) is 0 Å². The zero-order valence-electron chi connectivity index (χ0n) is 11.2. The van der Waals surface area contributed by atoms with Gasteiger partial charge in [-0.1, -0.05) is 6.07 Å². The third-order valence-corrected chi connectivity index (χ3v) is 4.36. The van der Waals surface area contributed by atoms with Gasteiger partial charge < -0.3 is 14.8 Å². The van der Waals surface area contributed by atoms with Crippen LogP contribution in [-0.4, -0.2) is 20.8 Å². The molecule has 1 saturated carbocycles. The van der Waals surface area contributed by atoms with Gasteiger partial charge in [-0.15, -0.1) is 0 Å². The molecule has 1 aromatic rings. The lowest BCUT2D eigenvalue weighted by molar-refractivity contribution is 0.327. The van der Waals surface area contributed by atoms with Crippen LogP contribution in [0.15, 0.2) is 18.2 Å². The lowest BCUT2D eigenvalue weighted by atomic mass is 9.83. The third-order valence-electron chi connectivity index (χ3n) is 4.36. The molecule has 98 valence electrons. The van der Waals surface area contributed by atoms with Gasteiger partial charge in [-0.25, -0.2) is 0 Å². The van der Waals surface area contributed by atoms with Crippen LogP contribution in [0, 0.1) is 5.92 Å². The van der Waals surface area contributed by atoms with Gasteiger partial charge in [0.2, 0.25) is 0 Å². The van der Waals surface area contributed by atoms with Gasteiger partial charge in [-0.3, -0.25) is 0 Å². The SMILES string of the molecule is COc1ccc(C2(C3CC3)CCCN2)cc1OC. The van der Waals surface area contributed by atoms with E-state index in [-0.39, 0.29) is 5.54 Å². The van der Waals surface area contributed by atoms with Gasteiger partial charge in [0.25, 0.3) is 0 Å². The lowest BCUT2D eigenvalue weighted by Crippen LogP contribution is -2.38. The van der Waals surface area contributed by atoms with Gasteiger partial charge in [0, 0.05) is 5.54 Å². The number of methoxy groups -OCH3 is 2. The fraction of sp³-hybridized carbons (Fsp3) is 0.600. The van der Waals surface area contributed by atoms with Crippen molar-refractivity contribution in [2.45, 2.75) is 31.2 Å². The standard InChI is InChI=1S/C15H21NO2/c1-17-13-7-6-12(10-14(13)18-2)15(11-4-5-11)8-3-9-16-15/h6-7,10-11,16H,3-5,8-9H2,1-2H3. The largest absolute Gasteiger partial charge is 0.493 e. The van der Waals surface area contributed by atoms with E-state index in [1.54, 1.807) is 14.2 Å². The highest BCUT2D eigenvalue weighted by atomic mass is 16.5. The second-order valence-corrected chi connectivity index (χ2v) is 5.35. The minimum Gasteiger partial charge on any atom is -0.493 e. The van der Waals surface area contributed by atoms with Crippen LogP contribution >= 0.6 is 0 Å². The molecule has 1 heterocycles. The van der Waals surface area contributed by atoms with Gasteiger partial charge in [-0.2, -0.15) is 0 Å². The monoisotopic (exact) mass is 247 g/mol. The number of rotatable bonds is 4. The van der Waals surface area contributed by atoms with Crippen molar-refractivity contribution in [2.24, 2.45) is 5.92 Å². The molecule has 1 aliphatic heterocycles. The summed E-state index contributed by atoms with van der Waals surface area (Å²) in [5.74, 6) is 2.45. The van der Waals surface area contributed by atoms with E-state index in [2.05, 4.69) is 17.4 Å². The number of benzene rings is 1. The maximum absolute atomic E-state index is 5.43. The van der Waals surface area contributed by atoms with Crippen molar-refractivity contribution in [1.29, 1.82) is 0 Å². The van der Waals surface area contributed by atoms with E-state index in [1.165, 1.54) is 31.2 Å². The first-order valence-corrected chi connectivity index (χ1v) is 6.78. The Bertz CT molecular complexity index is 434. The molecule has 0 radical (unpaired) electrons. The molecule has 3 heteroatoms. The summed E-state index contributed by atoms with van der Waals surface area (Å²) in [7, 11) is 3.38. The predicted octanol–water partition coefficient (Wildman–Crippen LogP) is 2.69. The zero-order valence-corrected chi connectivity index (χ0v) is 11.2. The molecule has 2 fully saturated rings. The molecule has 2 aliphatic rings. The average molecular weight is 247 g/mol. The summed E-state index contributed by atoms with van der Waals surface area (Å²) in [4.78, 5) is 0. The molecule has 1 aliphatic carbocycles. The van der Waals surface area contributed by atoms with Crippen LogP contribution in [0.1, 0.15) is 31.2 Å². The molecule has 1 N–H and O–H groups in total. The number of ether oxygens (including phenoxy) is 2. The van der Waals surface area contributed by atoms with Crippen molar-refractivity contribution in [3.05, 3.63) is 23.8 Å². The first-order chi connectivity index (χ1) is 8.80. The highest BCUT2D eigenvalue weighted by molar-refractivity contribution is 5.46. The van der Waals surface area contributed by atoms with E-state index in [1.807, 2.05) is 6.07 Å². The van der Waals surface area contributed by atoms with Crippen molar-refractivity contribution in [2.75, 3.05) is 20.8 Å². The summed E-state index contributed by atoms with van der Waals surface area (Å²) in [5.41, 5.74) is 1.56. The van der Waals surface area contributed by atoms with Crippen LogP contribution in [0.2, 0.25) is 0 Å². The minimum absolute atomic E-state index is 0.194. The first-order valence-electron chi connectivity index (χ1n) is 6.78. The molecule has 0 amide bonds.